The second-order valence-electron chi connectivity index (χ2n) is 9.62. The van der Waals surface area contributed by atoms with Crippen molar-refractivity contribution in [2.45, 2.75) is 38.2 Å². The van der Waals surface area contributed by atoms with E-state index in [0.29, 0.717) is 18.2 Å². The van der Waals surface area contributed by atoms with Gasteiger partial charge in [0, 0.05) is 69.8 Å². The SMILES string of the molecule is CN1CCN(C(=O)CC2CCC(Oc3cc(N4CCOCC4)cc4nccnc34)CC2)CC1. The Morgan fingerprint density at radius 1 is 1.00 bits per heavy atom. The number of amides is 1. The van der Waals surface area contributed by atoms with Gasteiger partial charge in [-0.15, -0.1) is 0 Å². The van der Waals surface area contributed by atoms with Gasteiger partial charge in [-0.1, -0.05) is 0 Å². The van der Waals surface area contributed by atoms with Crippen LogP contribution in [0.15, 0.2) is 24.5 Å². The van der Waals surface area contributed by atoms with Crippen molar-refractivity contribution in [3.63, 3.8) is 0 Å². The average Bonchev–Trinajstić information content (AvgIpc) is 2.86. The molecule has 1 saturated carbocycles. The molecule has 0 radical (unpaired) electrons. The van der Waals surface area contributed by atoms with Crippen LogP contribution in [-0.2, 0) is 9.53 Å². The molecule has 0 bridgehead atoms. The Kier molecular flexibility index (Phi) is 6.92. The minimum absolute atomic E-state index is 0.158. The number of hydrogen-bond donors (Lipinski definition) is 0. The van der Waals surface area contributed by atoms with Crippen LogP contribution in [-0.4, -0.2) is 91.3 Å². The van der Waals surface area contributed by atoms with E-state index < -0.39 is 0 Å². The summed E-state index contributed by atoms with van der Waals surface area (Å²) in [7, 11) is 2.12. The molecular formula is C25H35N5O3. The molecule has 3 heterocycles. The van der Waals surface area contributed by atoms with Gasteiger partial charge < -0.3 is 24.2 Å². The molecular weight excluding hydrogens is 418 g/mol. The predicted octanol–water partition coefficient (Wildman–Crippen LogP) is 2.57. The van der Waals surface area contributed by atoms with Crippen LogP contribution in [0.5, 0.6) is 5.75 Å². The Morgan fingerprint density at radius 3 is 2.48 bits per heavy atom. The van der Waals surface area contributed by atoms with Crippen molar-refractivity contribution < 1.29 is 14.3 Å². The molecule has 2 aromatic rings. The number of aromatic nitrogens is 2. The number of carbonyl (C=O) groups is 1. The molecule has 2 saturated heterocycles. The average molecular weight is 454 g/mol. The smallest absolute Gasteiger partial charge is 0.222 e. The molecule has 0 N–H and O–H groups in total. The quantitative estimate of drug-likeness (QED) is 0.689. The molecule has 1 amide bonds. The van der Waals surface area contributed by atoms with Crippen molar-refractivity contribution in [1.82, 2.24) is 19.8 Å². The first-order valence-electron chi connectivity index (χ1n) is 12.4. The van der Waals surface area contributed by atoms with Crippen LogP contribution in [0.25, 0.3) is 11.0 Å². The van der Waals surface area contributed by atoms with Crippen LogP contribution < -0.4 is 9.64 Å². The zero-order chi connectivity index (χ0) is 22.6. The summed E-state index contributed by atoms with van der Waals surface area (Å²) in [5.41, 5.74) is 2.80. The fourth-order valence-corrected chi connectivity index (χ4v) is 5.19. The molecule has 0 spiro atoms. The monoisotopic (exact) mass is 453 g/mol. The van der Waals surface area contributed by atoms with E-state index in [1.54, 1.807) is 12.4 Å². The maximum atomic E-state index is 12.7. The highest BCUT2D eigenvalue weighted by molar-refractivity contribution is 5.85. The van der Waals surface area contributed by atoms with E-state index in [0.717, 1.165) is 101 Å². The molecule has 1 aliphatic carbocycles. The number of piperazine rings is 1. The molecule has 1 aromatic carbocycles. The summed E-state index contributed by atoms with van der Waals surface area (Å²) in [6.45, 7) is 6.91. The Morgan fingerprint density at radius 2 is 1.73 bits per heavy atom. The van der Waals surface area contributed by atoms with E-state index in [1.807, 2.05) is 4.90 Å². The normalized spacial score (nSPS) is 24.8. The van der Waals surface area contributed by atoms with Gasteiger partial charge >= 0.3 is 0 Å². The van der Waals surface area contributed by atoms with Crippen molar-refractivity contribution in [3.05, 3.63) is 24.5 Å². The molecule has 1 aromatic heterocycles. The van der Waals surface area contributed by atoms with Gasteiger partial charge in [0.1, 0.15) is 11.3 Å². The maximum Gasteiger partial charge on any atom is 0.222 e. The summed E-state index contributed by atoms with van der Waals surface area (Å²) in [4.78, 5) is 28.5. The molecule has 8 heteroatoms. The van der Waals surface area contributed by atoms with E-state index in [2.05, 4.69) is 38.9 Å². The summed E-state index contributed by atoms with van der Waals surface area (Å²) in [6.07, 6.45) is 8.33. The number of carbonyl (C=O) groups excluding carboxylic acids is 1. The van der Waals surface area contributed by atoms with Gasteiger partial charge in [-0.05, 0) is 44.7 Å². The highest BCUT2D eigenvalue weighted by Crippen LogP contribution is 2.34. The molecule has 3 fully saturated rings. The highest BCUT2D eigenvalue weighted by Gasteiger charge is 2.28. The summed E-state index contributed by atoms with van der Waals surface area (Å²) in [5.74, 6) is 1.61. The lowest BCUT2D eigenvalue weighted by Gasteiger charge is -2.34. The molecule has 2 aliphatic heterocycles. The lowest BCUT2D eigenvalue weighted by molar-refractivity contribution is -0.134. The van der Waals surface area contributed by atoms with Gasteiger partial charge in [-0.2, -0.15) is 0 Å². The number of morpholine rings is 1. The summed E-state index contributed by atoms with van der Waals surface area (Å²) >= 11 is 0. The number of rotatable bonds is 5. The third-order valence-electron chi connectivity index (χ3n) is 7.31. The topological polar surface area (TPSA) is 71.0 Å². The Hall–Kier alpha value is -2.45. The zero-order valence-corrected chi connectivity index (χ0v) is 19.6. The number of anilines is 1. The number of likely N-dealkylation sites (N-methyl/N-ethyl adjacent to an activating group) is 1. The Balaban J connectivity index is 1.20. The van der Waals surface area contributed by atoms with Crippen molar-refractivity contribution in [2.75, 3.05) is 64.4 Å². The van der Waals surface area contributed by atoms with E-state index >= 15 is 0 Å². The minimum Gasteiger partial charge on any atom is -0.488 e. The first-order chi connectivity index (χ1) is 16.2. The fraction of sp³-hybridized carbons (Fsp3) is 0.640. The highest BCUT2D eigenvalue weighted by atomic mass is 16.5. The predicted molar refractivity (Wildman–Crippen MR) is 128 cm³/mol. The maximum absolute atomic E-state index is 12.7. The van der Waals surface area contributed by atoms with Crippen molar-refractivity contribution in [3.8, 4) is 5.75 Å². The molecule has 8 nitrogen and oxygen atoms in total. The second kappa shape index (κ2) is 10.2. The molecule has 0 atom stereocenters. The van der Waals surface area contributed by atoms with Crippen LogP contribution >= 0.6 is 0 Å². The van der Waals surface area contributed by atoms with E-state index in [-0.39, 0.29) is 6.10 Å². The van der Waals surface area contributed by atoms with Crippen molar-refractivity contribution in [1.29, 1.82) is 0 Å². The number of ether oxygens (including phenoxy) is 2. The first kappa shape index (κ1) is 22.3. The van der Waals surface area contributed by atoms with E-state index in [9.17, 15) is 4.79 Å². The van der Waals surface area contributed by atoms with Gasteiger partial charge in [0.05, 0.1) is 24.8 Å². The summed E-state index contributed by atoms with van der Waals surface area (Å²) in [5, 5.41) is 0. The Labute approximate surface area is 195 Å². The van der Waals surface area contributed by atoms with Crippen molar-refractivity contribution in [2.24, 2.45) is 5.92 Å². The van der Waals surface area contributed by atoms with E-state index in [1.165, 1.54) is 0 Å². The minimum atomic E-state index is 0.158. The third kappa shape index (κ3) is 5.38. The summed E-state index contributed by atoms with van der Waals surface area (Å²) in [6, 6.07) is 4.21. The van der Waals surface area contributed by atoms with Gasteiger partial charge in [-0.3, -0.25) is 9.78 Å². The molecule has 178 valence electrons. The standard InChI is InChI=1S/C25H35N5O3/c1-28-8-10-30(11-9-28)24(31)16-19-2-4-21(5-3-19)33-23-18-20(29-12-14-32-15-13-29)17-22-25(23)27-7-6-26-22/h6-7,17-19,21H,2-5,8-16H2,1H3. The van der Waals surface area contributed by atoms with Crippen molar-refractivity contribution >= 4 is 22.6 Å². The van der Waals surface area contributed by atoms with Gasteiger partial charge in [0.25, 0.3) is 0 Å². The van der Waals surface area contributed by atoms with Crippen LogP contribution in [0.2, 0.25) is 0 Å². The molecule has 0 unspecified atom stereocenters. The second-order valence-corrected chi connectivity index (χ2v) is 9.62. The van der Waals surface area contributed by atoms with E-state index in [4.69, 9.17) is 9.47 Å². The Bertz CT molecular complexity index is 948. The zero-order valence-electron chi connectivity index (χ0n) is 19.6. The summed E-state index contributed by atoms with van der Waals surface area (Å²) < 4.78 is 12.0. The third-order valence-corrected chi connectivity index (χ3v) is 7.31. The van der Waals surface area contributed by atoms with Crippen LogP contribution in [0.1, 0.15) is 32.1 Å². The van der Waals surface area contributed by atoms with Crippen LogP contribution in [0.3, 0.4) is 0 Å². The number of fused-ring (bicyclic) bond motifs is 1. The van der Waals surface area contributed by atoms with Gasteiger partial charge in [-0.25, -0.2) is 4.98 Å². The first-order valence-corrected chi connectivity index (χ1v) is 12.4. The number of nitrogens with zero attached hydrogens (tertiary/aromatic N) is 5. The van der Waals surface area contributed by atoms with Gasteiger partial charge in [0.2, 0.25) is 5.91 Å². The van der Waals surface area contributed by atoms with Crippen LogP contribution in [0, 0.1) is 5.92 Å². The lowest BCUT2D eigenvalue weighted by atomic mass is 9.85. The molecule has 33 heavy (non-hydrogen) atoms. The van der Waals surface area contributed by atoms with Gasteiger partial charge in [0.15, 0.2) is 0 Å². The largest absolute Gasteiger partial charge is 0.488 e. The molecule has 3 aliphatic rings. The fourth-order valence-electron chi connectivity index (χ4n) is 5.19. The number of hydrogen-bond acceptors (Lipinski definition) is 7. The number of benzene rings is 1. The molecule has 5 rings (SSSR count). The lowest BCUT2D eigenvalue weighted by Crippen LogP contribution is -2.47. The van der Waals surface area contributed by atoms with Crippen LogP contribution in [0.4, 0.5) is 5.69 Å².